The van der Waals surface area contributed by atoms with Gasteiger partial charge in [-0.1, -0.05) is 13.8 Å². The van der Waals surface area contributed by atoms with Crippen LogP contribution in [0.5, 0.6) is 0 Å². The third kappa shape index (κ3) is 3.79. The van der Waals surface area contributed by atoms with Crippen molar-refractivity contribution in [3.8, 4) is 0 Å². The van der Waals surface area contributed by atoms with Crippen LogP contribution in [0.25, 0.3) is 0 Å². The lowest BCUT2D eigenvalue weighted by atomic mass is 9.97. The molecule has 1 saturated heterocycles. The van der Waals surface area contributed by atoms with Gasteiger partial charge in [-0.25, -0.2) is 4.98 Å². The molecule has 110 valence electrons. The van der Waals surface area contributed by atoms with Gasteiger partial charge in [0, 0.05) is 25.4 Å². The molecular weight excluding hydrogens is 274 g/mol. The van der Waals surface area contributed by atoms with Gasteiger partial charge in [-0.05, 0) is 24.7 Å². The number of aromatic nitrogens is 1. The van der Waals surface area contributed by atoms with E-state index in [1.807, 2.05) is 4.90 Å². The molecule has 6 heteroatoms. The minimum Gasteiger partial charge on any atom is -0.337 e. The molecule has 2 rings (SSSR count). The molecule has 0 saturated carbocycles. The van der Waals surface area contributed by atoms with Crippen molar-refractivity contribution in [2.75, 3.05) is 18.4 Å². The number of nitrogens with one attached hydrogen (secondary N) is 1. The first kappa shape index (κ1) is 15.0. The minimum atomic E-state index is -0.170. The zero-order chi connectivity index (χ0) is 14.7. The molecule has 1 N–H and O–H groups in total. The molecule has 0 aromatic carbocycles. The van der Waals surface area contributed by atoms with Crippen LogP contribution in [0.15, 0.2) is 5.38 Å². The van der Waals surface area contributed by atoms with Crippen molar-refractivity contribution in [3.05, 3.63) is 11.1 Å². The van der Waals surface area contributed by atoms with E-state index in [2.05, 4.69) is 24.1 Å². The quantitative estimate of drug-likeness (QED) is 0.928. The summed E-state index contributed by atoms with van der Waals surface area (Å²) in [6, 6.07) is 0. The summed E-state index contributed by atoms with van der Waals surface area (Å²) in [4.78, 5) is 29.3. The van der Waals surface area contributed by atoms with Crippen molar-refractivity contribution in [1.82, 2.24) is 9.88 Å². The fourth-order valence-corrected chi connectivity index (χ4v) is 3.35. The maximum Gasteiger partial charge on any atom is 0.273 e. The predicted molar refractivity (Wildman–Crippen MR) is 79.9 cm³/mol. The van der Waals surface area contributed by atoms with Gasteiger partial charge >= 0.3 is 0 Å². The fraction of sp³-hybridized carbons (Fsp3) is 0.643. The number of hydrogen-bond acceptors (Lipinski definition) is 4. The topological polar surface area (TPSA) is 62.3 Å². The molecule has 5 nitrogen and oxygen atoms in total. The van der Waals surface area contributed by atoms with Crippen molar-refractivity contribution < 1.29 is 9.59 Å². The maximum atomic E-state index is 12.3. The average Bonchev–Trinajstić information content (AvgIpc) is 2.96. The molecule has 1 aliphatic rings. The molecule has 1 aromatic heterocycles. The van der Waals surface area contributed by atoms with Crippen LogP contribution in [0, 0.1) is 11.8 Å². The van der Waals surface area contributed by atoms with Crippen molar-refractivity contribution in [2.45, 2.75) is 33.6 Å². The third-order valence-corrected chi connectivity index (χ3v) is 4.14. The standard InChI is InChI=1S/C14H21N3O2S/c1-9(2)6-11-4-5-17(7-11)13(19)12-8-20-14(16-12)15-10(3)18/h8-9,11H,4-7H2,1-3H3,(H,15,16,18). The van der Waals surface area contributed by atoms with E-state index in [4.69, 9.17) is 0 Å². The Morgan fingerprint density at radius 3 is 2.95 bits per heavy atom. The summed E-state index contributed by atoms with van der Waals surface area (Å²) < 4.78 is 0. The van der Waals surface area contributed by atoms with E-state index < -0.39 is 0 Å². The van der Waals surface area contributed by atoms with Gasteiger partial charge in [-0.2, -0.15) is 0 Å². The number of carbonyl (C=O) groups is 2. The van der Waals surface area contributed by atoms with Crippen LogP contribution < -0.4 is 5.32 Å². The lowest BCUT2D eigenvalue weighted by Gasteiger charge is -2.16. The molecule has 1 aliphatic heterocycles. The first-order valence-electron chi connectivity index (χ1n) is 6.98. The van der Waals surface area contributed by atoms with Gasteiger partial charge < -0.3 is 10.2 Å². The largest absolute Gasteiger partial charge is 0.337 e. The van der Waals surface area contributed by atoms with E-state index in [-0.39, 0.29) is 11.8 Å². The van der Waals surface area contributed by atoms with E-state index in [1.54, 1.807) is 5.38 Å². The third-order valence-electron chi connectivity index (χ3n) is 3.38. The van der Waals surface area contributed by atoms with E-state index in [0.29, 0.717) is 22.7 Å². The molecular formula is C14H21N3O2S. The molecule has 0 spiro atoms. The second kappa shape index (κ2) is 6.35. The van der Waals surface area contributed by atoms with Gasteiger partial charge in [-0.15, -0.1) is 11.3 Å². The number of anilines is 1. The zero-order valence-electron chi connectivity index (χ0n) is 12.2. The van der Waals surface area contributed by atoms with Crippen molar-refractivity contribution >= 4 is 28.3 Å². The summed E-state index contributed by atoms with van der Waals surface area (Å²) in [5, 5.41) is 4.80. The van der Waals surface area contributed by atoms with E-state index in [9.17, 15) is 9.59 Å². The molecule has 1 fully saturated rings. The van der Waals surface area contributed by atoms with E-state index >= 15 is 0 Å². The van der Waals surface area contributed by atoms with Gasteiger partial charge in [-0.3, -0.25) is 9.59 Å². The summed E-state index contributed by atoms with van der Waals surface area (Å²) in [6.07, 6.45) is 2.24. The van der Waals surface area contributed by atoms with Crippen LogP contribution in [0.4, 0.5) is 5.13 Å². The first-order valence-corrected chi connectivity index (χ1v) is 7.86. The summed E-state index contributed by atoms with van der Waals surface area (Å²) in [6.45, 7) is 7.49. The number of thiazole rings is 1. The molecule has 0 radical (unpaired) electrons. The van der Waals surface area contributed by atoms with Gasteiger partial charge in [0.1, 0.15) is 5.69 Å². The van der Waals surface area contributed by atoms with Gasteiger partial charge in [0.15, 0.2) is 5.13 Å². The number of hydrogen-bond donors (Lipinski definition) is 1. The molecule has 20 heavy (non-hydrogen) atoms. The fourth-order valence-electron chi connectivity index (χ4n) is 2.62. The number of nitrogens with zero attached hydrogens (tertiary/aromatic N) is 2. The second-order valence-electron chi connectivity index (χ2n) is 5.75. The Morgan fingerprint density at radius 1 is 1.55 bits per heavy atom. The van der Waals surface area contributed by atoms with Crippen LogP contribution in [0.1, 0.15) is 44.1 Å². The Bertz CT molecular complexity index is 498. The van der Waals surface area contributed by atoms with Crippen molar-refractivity contribution in [1.29, 1.82) is 0 Å². The van der Waals surface area contributed by atoms with E-state index in [1.165, 1.54) is 18.3 Å². The number of carbonyl (C=O) groups excluding carboxylic acids is 2. The lowest BCUT2D eigenvalue weighted by molar-refractivity contribution is -0.114. The first-order chi connectivity index (χ1) is 9.45. The summed E-state index contributed by atoms with van der Waals surface area (Å²) in [7, 11) is 0. The summed E-state index contributed by atoms with van der Waals surface area (Å²) >= 11 is 1.29. The van der Waals surface area contributed by atoms with Crippen LogP contribution >= 0.6 is 11.3 Å². The molecule has 2 amide bonds. The van der Waals surface area contributed by atoms with Crippen LogP contribution in [0.3, 0.4) is 0 Å². The Labute approximate surface area is 123 Å². The molecule has 1 atom stereocenters. The highest BCUT2D eigenvalue weighted by Gasteiger charge is 2.28. The molecule has 2 heterocycles. The smallest absolute Gasteiger partial charge is 0.273 e. The molecule has 1 aromatic rings. The number of likely N-dealkylation sites (tertiary alicyclic amines) is 1. The van der Waals surface area contributed by atoms with Gasteiger partial charge in [0.05, 0.1) is 0 Å². The van der Waals surface area contributed by atoms with Gasteiger partial charge in [0.2, 0.25) is 5.91 Å². The normalized spacial score (nSPS) is 18.6. The van der Waals surface area contributed by atoms with Crippen molar-refractivity contribution in [2.24, 2.45) is 11.8 Å². The number of amides is 2. The Hall–Kier alpha value is -1.43. The maximum absolute atomic E-state index is 12.3. The predicted octanol–water partition coefficient (Wildman–Crippen LogP) is 2.61. The lowest BCUT2D eigenvalue weighted by Crippen LogP contribution is -2.29. The van der Waals surface area contributed by atoms with Crippen LogP contribution in [-0.4, -0.2) is 34.8 Å². The average molecular weight is 295 g/mol. The van der Waals surface area contributed by atoms with Gasteiger partial charge in [0.25, 0.3) is 5.91 Å². The SMILES string of the molecule is CC(=O)Nc1nc(C(=O)N2CCC(CC(C)C)C2)cs1. The zero-order valence-corrected chi connectivity index (χ0v) is 13.0. The Morgan fingerprint density at radius 2 is 2.30 bits per heavy atom. The molecule has 0 aliphatic carbocycles. The second-order valence-corrected chi connectivity index (χ2v) is 6.61. The summed E-state index contributed by atoms with van der Waals surface area (Å²) in [5.41, 5.74) is 0.434. The monoisotopic (exact) mass is 295 g/mol. The molecule has 0 bridgehead atoms. The minimum absolute atomic E-state index is 0.0240. The Kier molecular flexibility index (Phi) is 4.75. The van der Waals surface area contributed by atoms with Crippen LogP contribution in [0.2, 0.25) is 0 Å². The highest BCUT2D eigenvalue weighted by atomic mass is 32.1. The highest BCUT2D eigenvalue weighted by Crippen LogP contribution is 2.25. The van der Waals surface area contributed by atoms with Crippen LogP contribution in [-0.2, 0) is 4.79 Å². The number of rotatable bonds is 4. The van der Waals surface area contributed by atoms with Crippen molar-refractivity contribution in [3.63, 3.8) is 0 Å². The highest BCUT2D eigenvalue weighted by molar-refractivity contribution is 7.14. The summed E-state index contributed by atoms with van der Waals surface area (Å²) in [5.74, 6) is 1.08. The molecule has 1 unspecified atom stereocenters. The Balaban J connectivity index is 1.95. The van der Waals surface area contributed by atoms with E-state index in [0.717, 1.165) is 25.9 Å².